The summed E-state index contributed by atoms with van der Waals surface area (Å²) in [5.41, 5.74) is 3.23. The first-order valence-corrected chi connectivity index (χ1v) is 10.6. The van der Waals surface area contributed by atoms with Gasteiger partial charge >= 0.3 is 5.97 Å². The summed E-state index contributed by atoms with van der Waals surface area (Å²) in [6, 6.07) is 6.04. The Bertz CT molecular complexity index is 1390. The lowest BCUT2D eigenvalue weighted by molar-refractivity contribution is 0.0471. The lowest BCUT2D eigenvalue weighted by Gasteiger charge is -2.13. The van der Waals surface area contributed by atoms with Crippen LogP contribution in [0.15, 0.2) is 36.8 Å². The van der Waals surface area contributed by atoms with Gasteiger partial charge < -0.3 is 9.30 Å². The number of rotatable bonds is 6. The fourth-order valence-corrected chi connectivity index (χ4v) is 4.04. The summed E-state index contributed by atoms with van der Waals surface area (Å²) in [7, 11) is 0. The minimum Gasteiger partial charge on any atom is -0.454 e. The van der Waals surface area contributed by atoms with E-state index in [0.717, 1.165) is 5.69 Å². The van der Waals surface area contributed by atoms with Crippen LogP contribution < -0.4 is 0 Å². The number of hydrogen-bond donors (Lipinski definition) is 0. The molecular formula is C23H21ClFN5O3. The monoisotopic (exact) mass is 469 g/mol. The van der Waals surface area contributed by atoms with Gasteiger partial charge in [0, 0.05) is 28.8 Å². The van der Waals surface area contributed by atoms with Crippen LogP contribution in [-0.4, -0.2) is 42.5 Å². The van der Waals surface area contributed by atoms with E-state index in [9.17, 15) is 14.0 Å². The minimum atomic E-state index is -0.670. The number of nitrogens with zero attached hydrogens (tertiary/aromatic N) is 5. The summed E-state index contributed by atoms with van der Waals surface area (Å²) in [5.74, 6) is -1.24. The van der Waals surface area contributed by atoms with Crippen LogP contribution >= 0.6 is 11.6 Å². The van der Waals surface area contributed by atoms with Gasteiger partial charge in [-0.15, -0.1) is 0 Å². The van der Waals surface area contributed by atoms with Gasteiger partial charge in [-0.1, -0.05) is 25.4 Å². The molecule has 1 aromatic carbocycles. The fourth-order valence-electron chi connectivity index (χ4n) is 3.86. The van der Waals surface area contributed by atoms with Gasteiger partial charge in [0.05, 0.1) is 16.3 Å². The van der Waals surface area contributed by atoms with Gasteiger partial charge in [0.2, 0.25) is 5.78 Å². The largest absolute Gasteiger partial charge is 0.454 e. The van der Waals surface area contributed by atoms with Crippen LogP contribution in [0.5, 0.6) is 0 Å². The second-order valence-corrected chi connectivity index (χ2v) is 8.31. The Morgan fingerprint density at radius 1 is 1.15 bits per heavy atom. The number of benzene rings is 1. The van der Waals surface area contributed by atoms with Crippen molar-refractivity contribution in [2.45, 2.75) is 33.6 Å². The Labute approximate surface area is 194 Å². The molecular weight excluding hydrogens is 449 g/mol. The van der Waals surface area contributed by atoms with E-state index >= 15 is 0 Å². The molecule has 4 aromatic rings. The van der Waals surface area contributed by atoms with Crippen molar-refractivity contribution in [3.8, 4) is 5.69 Å². The number of halogens is 2. The van der Waals surface area contributed by atoms with Crippen LogP contribution in [0.4, 0.5) is 4.39 Å². The summed E-state index contributed by atoms with van der Waals surface area (Å²) >= 11 is 5.92. The van der Waals surface area contributed by atoms with Gasteiger partial charge in [-0.05, 0) is 44.0 Å². The summed E-state index contributed by atoms with van der Waals surface area (Å²) < 4.78 is 22.2. The van der Waals surface area contributed by atoms with Crippen molar-refractivity contribution in [2.24, 2.45) is 0 Å². The Hall–Kier alpha value is -3.59. The molecule has 0 aliphatic rings. The molecule has 8 nitrogen and oxygen atoms in total. The maximum Gasteiger partial charge on any atom is 0.342 e. The van der Waals surface area contributed by atoms with Crippen molar-refractivity contribution in [1.82, 2.24) is 24.1 Å². The van der Waals surface area contributed by atoms with Gasteiger partial charge in [0.25, 0.3) is 5.78 Å². The van der Waals surface area contributed by atoms with Crippen molar-refractivity contribution in [3.63, 3.8) is 0 Å². The van der Waals surface area contributed by atoms with Crippen molar-refractivity contribution in [1.29, 1.82) is 0 Å². The fraction of sp³-hybridized carbons (Fsp3) is 0.261. The number of ketones is 1. The topological polar surface area (TPSA) is 91.4 Å². The molecule has 0 radical (unpaired) electrons. The standard InChI is InChI=1S/C23H21ClFN5O3/c1-12(2)21-17(9-26-23-27-11-28-30(21)23)22(32)33-10-20(31)16-7-13(3)29(14(16)4)15-5-6-19(25)18(24)8-15/h5-9,11-12H,10H2,1-4H3. The van der Waals surface area contributed by atoms with E-state index in [0.29, 0.717) is 28.4 Å². The van der Waals surface area contributed by atoms with E-state index in [4.69, 9.17) is 16.3 Å². The van der Waals surface area contributed by atoms with Gasteiger partial charge in [-0.2, -0.15) is 10.1 Å². The van der Waals surface area contributed by atoms with Crippen LogP contribution in [0, 0.1) is 19.7 Å². The van der Waals surface area contributed by atoms with Gasteiger partial charge in [0.15, 0.2) is 6.61 Å². The molecule has 33 heavy (non-hydrogen) atoms. The molecule has 0 saturated heterocycles. The number of hydrogen-bond acceptors (Lipinski definition) is 6. The Morgan fingerprint density at radius 2 is 1.91 bits per heavy atom. The minimum absolute atomic E-state index is 0.0132. The first-order chi connectivity index (χ1) is 15.7. The van der Waals surface area contributed by atoms with E-state index in [-0.39, 0.29) is 22.3 Å². The molecule has 0 aliphatic heterocycles. The van der Waals surface area contributed by atoms with Gasteiger partial charge in [0.1, 0.15) is 12.1 Å². The first kappa shape index (κ1) is 22.6. The van der Waals surface area contributed by atoms with Crippen molar-refractivity contribution in [3.05, 3.63) is 75.8 Å². The smallest absolute Gasteiger partial charge is 0.342 e. The zero-order valence-corrected chi connectivity index (χ0v) is 19.2. The van der Waals surface area contributed by atoms with Crippen LogP contribution in [0.2, 0.25) is 5.02 Å². The molecule has 0 amide bonds. The van der Waals surface area contributed by atoms with Crippen LogP contribution in [-0.2, 0) is 4.74 Å². The van der Waals surface area contributed by atoms with Crippen LogP contribution in [0.25, 0.3) is 11.5 Å². The van der Waals surface area contributed by atoms with E-state index in [2.05, 4.69) is 15.1 Å². The lowest BCUT2D eigenvalue weighted by Crippen LogP contribution is -2.18. The molecule has 0 fully saturated rings. The third-order valence-electron chi connectivity index (χ3n) is 5.34. The highest BCUT2D eigenvalue weighted by Gasteiger charge is 2.23. The maximum absolute atomic E-state index is 13.6. The number of ether oxygens (including phenoxy) is 1. The lowest BCUT2D eigenvalue weighted by atomic mass is 10.1. The molecule has 0 atom stereocenters. The first-order valence-electron chi connectivity index (χ1n) is 10.2. The quantitative estimate of drug-likeness (QED) is 0.305. The molecule has 3 heterocycles. The van der Waals surface area contributed by atoms with Crippen molar-refractivity contribution < 1.29 is 18.7 Å². The summed E-state index contributed by atoms with van der Waals surface area (Å²) in [5, 5.41) is 4.11. The number of carbonyl (C=O) groups excluding carboxylic acids is 2. The molecule has 0 N–H and O–H groups in total. The molecule has 3 aromatic heterocycles. The molecule has 0 unspecified atom stereocenters. The van der Waals surface area contributed by atoms with E-state index in [1.54, 1.807) is 23.6 Å². The van der Waals surface area contributed by atoms with Crippen molar-refractivity contribution in [2.75, 3.05) is 6.61 Å². The molecule has 0 aliphatic carbocycles. The second-order valence-electron chi connectivity index (χ2n) is 7.90. The maximum atomic E-state index is 13.6. The Kier molecular flexibility index (Phi) is 5.99. The molecule has 0 spiro atoms. The van der Waals surface area contributed by atoms with Crippen molar-refractivity contribution >= 4 is 29.1 Å². The predicted molar refractivity (Wildman–Crippen MR) is 120 cm³/mol. The third-order valence-corrected chi connectivity index (χ3v) is 5.63. The van der Waals surface area contributed by atoms with Gasteiger partial charge in [-0.3, -0.25) is 4.79 Å². The van der Waals surface area contributed by atoms with Crippen LogP contribution in [0.1, 0.15) is 57.6 Å². The van der Waals surface area contributed by atoms with E-state index < -0.39 is 18.4 Å². The second kappa shape index (κ2) is 8.74. The third kappa shape index (κ3) is 4.11. The summed E-state index contributed by atoms with van der Waals surface area (Å²) in [6.45, 7) is 6.96. The molecule has 170 valence electrons. The zero-order chi connectivity index (χ0) is 23.9. The number of Topliss-reactive ketones (excluding diaryl/α,β-unsaturated/α-hetero) is 1. The molecule has 0 bridgehead atoms. The predicted octanol–water partition coefficient (Wildman–Crippen LogP) is 4.49. The zero-order valence-electron chi connectivity index (χ0n) is 18.5. The number of fused-ring (bicyclic) bond motifs is 1. The number of aryl methyl sites for hydroxylation is 1. The Morgan fingerprint density at radius 3 is 2.61 bits per heavy atom. The average molecular weight is 470 g/mol. The highest BCUT2D eigenvalue weighted by molar-refractivity contribution is 6.30. The number of aromatic nitrogens is 5. The average Bonchev–Trinajstić information content (AvgIpc) is 3.36. The number of carbonyl (C=O) groups is 2. The molecule has 4 rings (SSSR count). The SMILES string of the molecule is Cc1cc(C(=O)COC(=O)c2cnc3ncnn3c2C(C)C)c(C)n1-c1ccc(F)c(Cl)c1. The summed E-state index contributed by atoms with van der Waals surface area (Å²) in [6.07, 6.45) is 2.74. The number of esters is 1. The van der Waals surface area contributed by atoms with Crippen LogP contribution in [0.3, 0.4) is 0 Å². The van der Waals surface area contributed by atoms with Gasteiger partial charge in [-0.25, -0.2) is 18.7 Å². The normalized spacial score (nSPS) is 11.4. The highest BCUT2D eigenvalue weighted by atomic mass is 35.5. The Balaban J connectivity index is 1.56. The highest BCUT2D eigenvalue weighted by Crippen LogP contribution is 2.25. The molecule has 0 saturated carbocycles. The molecule has 10 heteroatoms. The summed E-state index contributed by atoms with van der Waals surface area (Å²) in [4.78, 5) is 33.8. The van der Waals surface area contributed by atoms with E-state index in [1.165, 1.54) is 29.2 Å². The van der Waals surface area contributed by atoms with E-state index in [1.807, 2.05) is 20.8 Å².